The number of aryl methyl sites for hydroxylation is 1. The summed E-state index contributed by atoms with van der Waals surface area (Å²) in [5, 5.41) is 9.78. The third kappa shape index (κ3) is 3.77. The Morgan fingerprint density at radius 2 is 1.74 bits per heavy atom. The fourth-order valence-electron chi connectivity index (χ4n) is 3.25. The van der Waals surface area contributed by atoms with Gasteiger partial charge in [0.1, 0.15) is 0 Å². The van der Waals surface area contributed by atoms with Gasteiger partial charge in [-0.3, -0.25) is 4.79 Å². The predicted molar refractivity (Wildman–Crippen MR) is 99.1 cm³/mol. The van der Waals surface area contributed by atoms with Crippen molar-refractivity contribution in [1.82, 2.24) is 0 Å². The number of ether oxygens (including phenoxy) is 1. The van der Waals surface area contributed by atoms with Crippen LogP contribution in [0.1, 0.15) is 24.0 Å². The Morgan fingerprint density at radius 3 is 2.37 bits per heavy atom. The topological polar surface area (TPSA) is 72.5 Å². The molecule has 1 fully saturated rings. The standard InChI is InChI=1S/C21H21F2NO3/c1-13-2-3-14(15-4-5-18(22)19(23)11-15)10-16(13)17(12-25)20(26)21(24)6-8-27-9-7-21/h2-5,10-12,25H,6-9,24H2,1H3. The number of halogens is 2. The molecule has 4 nitrogen and oxygen atoms in total. The maximum atomic E-state index is 13.6. The second kappa shape index (κ2) is 7.58. The Morgan fingerprint density at radius 1 is 1.11 bits per heavy atom. The number of aliphatic hydroxyl groups is 1. The van der Waals surface area contributed by atoms with E-state index in [4.69, 9.17) is 10.5 Å². The van der Waals surface area contributed by atoms with Gasteiger partial charge in [-0.1, -0.05) is 18.2 Å². The number of hydrogen-bond donors (Lipinski definition) is 2. The van der Waals surface area contributed by atoms with E-state index in [0.29, 0.717) is 42.7 Å². The maximum Gasteiger partial charge on any atom is 0.186 e. The quantitative estimate of drug-likeness (QED) is 0.629. The Hall–Kier alpha value is -2.57. The average molecular weight is 373 g/mol. The van der Waals surface area contributed by atoms with Crippen molar-refractivity contribution in [3.63, 3.8) is 0 Å². The van der Waals surface area contributed by atoms with Gasteiger partial charge in [-0.25, -0.2) is 8.78 Å². The lowest BCUT2D eigenvalue weighted by Crippen LogP contribution is -2.52. The van der Waals surface area contributed by atoms with Crippen LogP contribution in [0.5, 0.6) is 0 Å². The normalized spacial score (nSPS) is 17.0. The van der Waals surface area contributed by atoms with Crippen LogP contribution in [-0.4, -0.2) is 29.6 Å². The van der Waals surface area contributed by atoms with Gasteiger partial charge in [0, 0.05) is 13.2 Å². The third-order valence-corrected chi connectivity index (χ3v) is 4.99. The highest BCUT2D eigenvalue weighted by Gasteiger charge is 2.38. The summed E-state index contributed by atoms with van der Waals surface area (Å²) in [5.74, 6) is -2.24. The molecule has 0 unspecified atom stereocenters. The molecule has 1 saturated heterocycles. The Kier molecular flexibility index (Phi) is 5.39. The number of hydrogen-bond acceptors (Lipinski definition) is 4. The molecular formula is C21H21F2NO3. The molecule has 2 aromatic rings. The number of benzene rings is 2. The van der Waals surface area contributed by atoms with Crippen LogP contribution in [0.3, 0.4) is 0 Å². The number of carbonyl (C=O) groups is 1. The number of aliphatic hydroxyl groups excluding tert-OH is 1. The Labute approximate surface area is 156 Å². The summed E-state index contributed by atoms with van der Waals surface area (Å²) in [7, 11) is 0. The van der Waals surface area contributed by atoms with Crippen molar-refractivity contribution in [1.29, 1.82) is 0 Å². The fraction of sp³-hybridized carbons (Fsp3) is 0.286. The minimum atomic E-state index is -1.10. The van der Waals surface area contributed by atoms with Crippen molar-refractivity contribution >= 4 is 11.4 Å². The Balaban J connectivity index is 2.01. The van der Waals surface area contributed by atoms with Crippen LogP contribution in [0.15, 0.2) is 42.7 Å². The van der Waals surface area contributed by atoms with E-state index in [1.54, 1.807) is 25.1 Å². The summed E-state index contributed by atoms with van der Waals surface area (Å²) < 4.78 is 32.1. The second-order valence-corrected chi connectivity index (χ2v) is 6.80. The van der Waals surface area contributed by atoms with Gasteiger partial charge in [-0.2, -0.15) is 0 Å². The van der Waals surface area contributed by atoms with E-state index < -0.39 is 17.2 Å². The Bertz CT molecular complexity index is 902. The molecule has 0 atom stereocenters. The molecule has 3 N–H and O–H groups in total. The first-order valence-corrected chi connectivity index (χ1v) is 8.68. The summed E-state index contributed by atoms with van der Waals surface area (Å²) in [5.41, 5.74) is 7.60. The van der Waals surface area contributed by atoms with Gasteiger partial charge in [0.15, 0.2) is 17.4 Å². The molecule has 1 heterocycles. The minimum Gasteiger partial charge on any atom is -0.515 e. The molecule has 0 aliphatic carbocycles. The fourth-order valence-corrected chi connectivity index (χ4v) is 3.25. The number of ketones is 1. The predicted octanol–water partition coefficient (Wildman–Crippen LogP) is 3.92. The van der Waals surface area contributed by atoms with Crippen LogP contribution in [0.4, 0.5) is 8.78 Å². The molecule has 3 rings (SSSR count). The van der Waals surface area contributed by atoms with Crippen molar-refractivity contribution in [3.05, 3.63) is 65.4 Å². The van der Waals surface area contributed by atoms with E-state index >= 15 is 0 Å². The number of rotatable bonds is 4. The number of carbonyl (C=O) groups excluding carboxylic acids is 1. The van der Waals surface area contributed by atoms with Crippen LogP contribution in [0.2, 0.25) is 0 Å². The second-order valence-electron chi connectivity index (χ2n) is 6.80. The third-order valence-electron chi connectivity index (χ3n) is 4.99. The van der Waals surface area contributed by atoms with Crippen LogP contribution in [0.25, 0.3) is 16.7 Å². The first-order chi connectivity index (χ1) is 12.9. The van der Waals surface area contributed by atoms with Crippen molar-refractivity contribution in [2.45, 2.75) is 25.3 Å². The van der Waals surface area contributed by atoms with Crippen molar-refractivity contribution in [2.24, 2.45) is 5.73 Å². The lowest BCUT2D eigenvalue weighted by atomic mass is 9.80. The van der Waals surface area contributed by atoms with Crippen molar-refractivity contribution < 1.29 is 23.4 Å². The van der Waals surface area contributed by atoms with E-state index in [-0.39, 0.29) is 11.4 Å². The van der Waals surface area contributed by atoms with Gasteiger partial charge >= 0.3 is 0 Å². The van der Waals surface area contributed by atoms with E-state index in [2.05, 4.69) is 0 Å². The van der Waals surface area contributed by atoms with Crippen LogP contribution in [0, 0.1) is 18.6 Å². The molecule has 0 spiro atoms. The lowest BCUT2D eigenvalue weighted by Gasteiger charge is -2.32. The monoisotopic (exact) mass is 373 g/mol. The summed E-state index contributed by atoms with van der Waals surface area (Å²) in [6, 6.07) is 8.78. The zero-order valence-corrected chi connectivity index (χ0v) is 15.0. The molecule has 0 radical (unpaired) electrons. The van der Waals surface area contributed by atoms with Gasteiger partial charge in [-0.15, -0.1) is 0 Å². The molecule has 0 aromatic heterocycles. The van der Waals surface area contributed by atoms with E-state index in [1.807, 2.05) is 0 Å². The molecule has 1 aliphatic heterocycles. The molecule has 2 aromatic carbocycles. The zero-order valence-electron chi connectivity index (χ0n) is 15.0. The minimum absolute atomic E-state index is 0.0985. The summed E-state index contributed by atoms with van der Waals surface area (Å²) in [6.45, 7) is 2.57. The van der Waals surface area contributed by atoms with Gasteiger partial charge in [-0.05, 0) is 60.2 Å². The van der Waals surface area contributed by atoms with E-state index in [0.717, 1.165) is 24.0 Å². The number of nitrogens with two attached hydrogens (primary N) is 1. The first kappa shape index (κ1) is 19.2. The summed E-state index contributed by atoms with van der Waals surface area (Å²) in [6.07, 6.45) is 1.50. The average Bonchev–Trinajstić information content (AvgIpc) is 2.66. The maximum absolute atomic E-state index is 13.6. The molecule has 6 heteroatoms. The summed E-state index contributed by atoms with van der Waals surface area (Å²) >= 11 is 0. The molecule has 27 heavy (non-hydrogen) atoms. The number of Topliss-reactive ketones (excluding diaryl/α,β-unsaturated/α-hetero) is 1. The molecule has 0 amide bonds. The molecule has 142 valence electrons. The summed E-state index contributed by atoms with van der Waals surface area (Å²) in [4.78, 5) is 13.0. The highest BCUT2D eigenvalue weighted by Crippen LogP contribution is 2.32. The van der Waals surface area contributed by atoms with Gasteiger partial charge in [0.2, 0.25) is 0 Å². The highest BCUT2D eigenvalue weighted by atomic mass is 19.2. The van der Waals surface area contributed by atoms with Gasteiger partial charge in [0.05, 0.1) is 17.4 Å². The first-order valence-electron chi connectivity index (χ1n) is 8.68. The molecule has 0 bridgehead atoms. The van der Waals surface area contributed by atoms with E-state index in [9.17, 15) is 18.7 Å². The lowest BCUT2D eigenvalue weighted by molar-refractivity contribution is -0.121. The molecular weight excluding hydrogens is 352 g/mol. The molecule has 1 aliphatic rings. The van der Waals surface area contributed by atoms with Crippen molar-refractivity contribution in [3.8, 4) is 11.1 Å². The largest absolute Gasteiger partial charge is 0.515 e. The van der Waals surface area contributed by atoms with E-state index in [1.165, 1.54) is 6.07 Å². The van der Waals surface area contributed by atoms with Gasteiger partial charge in [0.25, 0.3) is 0 Å². The van der Waals surface area contributed by atoms with Crippen molar-refractivity contribution in [2.75, 3.05) is 13.2 Å². The SMILES string of the molecule is Cc1ccc(-c2ccc(F)c(F)c2)cc1C(=CO)C(=O)C1(N)CCOCC1. The zero-order chi connectivity index (χ0) is 19.6. The van der Waals surface area contributed by atoms with Crippen LogP contribution < -0.4 is 5.73 Å². The smallest absolute Gasteiger partial charge is 0.186 e. The van der Waals surface area contributed by atoms with Crippen LogP contribution >= 0.6 is 0 Å². The molecule has 0 saturated carbocycles. The van der Waals surface area contributed by atoms with Crippen LogP contribution in [-0.2, 0) is 9.53 Å². The van der Waals surface area contributed by atoms with Gasteiger partial charge < -0.3 is 15.6 Å². The highest BCUT2D eigenvalue weighted by molar-refractivity contribution is 6.25.